The highest BCUT2D eigenvalue weighted by atomic mass is 35.5. The van der Waals surface area contributed by atoms with Gasteiger partial charge in [-0.15, -0.1) is 12.4 Å². The Morgan fingerprint density at radius 3 is 2.56 bits per heavy atom. The van der Waals surface area contributed by atoms with Gasteiger partial charge in [0.25, 0.3) is 0 Å². The minimum atomic E-state index is -1.48. The minimum absolute atomic E-state index is 0. The molecule has 9 nitrogen and oxygen atoms in total. The Hall–Kier alpha value is -2.92. The van der Waals surface area contributed by atoms with Crippen LogP contribution < -0.4 is 21.8 Å². The summed E-state index contributed by atoms with van der Waals surface area (Å²) in [4.78, 5) is 30.6. The van der Waals surface area contributed by atoms with Crippen LogP contribution >= 0.6 is 12.4 Å². The van der Waals surface area contributed by atoms with Crippen molar-refractivity contribution in [3.8, 4) is 0 Å². The molecule has 1 saturated carbocycles. The van der Waals surface area contributed by atoms with Crippen molar-refractivity contribution in [2.24, 2.45) is 16.3 Å². The Morgan fingerprint density at radius 1 is 1.38 bits per heavy atom. The van der Waals surface area contributed by atoms with Gasteiger partial charge in [0, 0.05) is 30.7 Å². The van der Waals surface area contributed by atoms with E-state index in [1.165, 1.54) is 16.6 Å². The third kappa shape index (κ3) is 3.45. The van der Waals surface area contributed by atoms with E-state index in [0.717, 1.165) is 6.20 Å². The molecule has 5 N–H and O–H groups in total. The van der Waals surface area contributed by atoms with Crippen molar-refractivity contribution in [2.75, 3.05) is 37.4 Å². The van der Waals surface area contributed by atoms with Crippen molar-refractivity contribution in [1.82, 2.24) is 4.57 Å². The molecule has 32 heavy (non-hydrogen) atoms. The van der Waals surface area contributed by atoms with Crippen molar-refractivity contribution >= 4 is 46.4 Å². The quantitative estimate of drug-likeness (QED) is 0.448. The largest absolute Gasteiger partial charge is 0.477 e. The Kier molecular flexibility index (Phi) is 6.09. The summed E-state index contributed by atoms with van der Waals surface area (Å²) in [5, 5.41) is 12.9. The summed E-state index contributed by atoms with van der Waals surface area (Å²) >= 11 is 0. The summed E-state index contributed by atoms with van der Waals surface area (Å²) in [5.41, 5.74) is 8.91. The van der Waals surface area contributed by atoms with Gasteiger partial charge >= 0.3 is 5.97 Å². The number of anilines is 2. The second-order valence-corrected chi connectivity index (χ2v) is 8.27. The molecule has 12 heteroatoms. The van der Waals surface area contributed by atoms with E-state index < -0.39 is 50.8 Å². The van der Waals surface area contributed by atoms with Gasteiger partial charge in [-0.25, -0.2) is 13.6 Å². The first-order valence-electron chi connectivity index (χ1n) is 9.78. The molecule has 2 heterocycles. The van der Waals surface area contributed by atoms with Gasteiger partial charge in [-0.2, -0.15) is 0 Å². The minimum Gasteiger partial charge on any atom is -0.477 e. The molecule has 1 aliphatic heterocycles. The lowest BCUT2D eigenvalue weighted by Gasteiger charge is -2.25. The first kappa shape index (κ1) is 23.7. The second-order valence-electron chi connectivity index (χ2n) is 8.27. The predicted molar refractivity (Wildman–Crippen MR) is 119 cm³/mol. The van der Waals surface area contributed by atoms with Gasteiger partial charge in [0.2, 0.25) is 5.43 Å². The molecule has 1 aromatic heterocycles. The van der Waals surface area contributed by atoms with Crippen molar-refractivity contribution in [3.05, 3.63) is 33.6 Å². The number of nitrogen functional groups attached to an aromatic ring is 1. The first-order chi connectivity index (χ1) is 14.6. The van der Waals surface area contributed by atoms with Gasteiger partial charge < -0.3 is 30.9 Å². The number of hydrogen-bond donors (Lipinski definition) is 3. The van der Waals surface area contributed by atoms with Crippen LogP contribution in [0.15, 0.2) is 16.1 Å². The van der Waals surface area contributed by atoms with Crippen LogP contribution in [0, 0.1) is 17.0 Å². The zero-order chi connectivity index (χ0) is 22.7. The van der Waals surface area contributed by atoms with E-state index >= 15 is 8.78 Å². The van der Waals surface area contributed by atoms with E-state index in [-0.39, 0.29) is 43.6 Å². The summed E-state index contributed by atoms with van der Waals surface area (Å²) in [7, 11) is 1.37. The van der Waals surface area contributed by atoms with Crippen LogP contribution in [0.1, 0.15) is 36.2 Å². The number of pyridine rings is 1. The third-order valence-electron chi connectivity index (χ3n) is 6.08. The molecule has 174 valence electrons. The molecular formula is C20H24ClF2N5O4. The zero-order valence-corrected chi connectivity index (χ0v) is 18.3. The van der Waals surface area contributed by atoms with Crippen molar-refractivity contribution in [2.45, 2.75) is 25.8 Å². The molecule has 1 saturated heterocycles. The highest BCUT2D eigenvalue weighted by Gasteiger charge is 2.43. The highest BCUT2D eigenvalue weighted by Crippen LogP contribution is 2.43. The highest BCUT2D eigenvalue weighted by molar-refractivity contribution is 6.02. The fourth-order valence-corrected chi connectivity index (χ4v) is 4.15. The van der Waals surface area contributed by atoms with Gasteiger partial charge in [0.1, 0.15) is 18.4 Å². The number of fused-ring (bicyclic) bond motifs is 1. The molecule has 0 unspecified atom stereocenters. The number of halogens is 3. The fourth-order valence-electron chi connectivity index (χ4n) is 4.15. The standard InChI is InChI=1S/C20H23F2N5O4.ClH/c1-20(7-23)8-26(6-11(20)25-31-2)17-13(21)15(24)12-16(14(17)22)27(9-3-4-9)5-10(18(12)28)19(29)30;/h5,9H,3-4,6-8,23-24H2,1-2H3,(H,29,30);1H/b25-11+;/t20-;/m0./s1. The smallest absolute Gasteiger partial charge is 0.341 e. The van der Waals surface area contributed by atoms with E-state index in [1.807, 2.05) is 6.92 Å². The average Bonchev–Trinajstić information content (AvgIpc) is 3.51. The van der Waals surface area contributed by atoms with Crippen LogP contribution in [0.25, 0.3) is 10.9 Å². The van der Waals surface area contributed by atoms with E-state index in [2.05, 4.69) is 5.16 Å². The second kappa shape index (κ2) is 8.21. The number of hydrogen-bond acceptors (Lipinski definition) is 7. The summed E-state index contributed by atoms with van der Waals surface area (Å²) in [6, 6.07) is -0.188. The van der Waals surface area contributed by atoms with Crippen LogP contribution in [-0.4, -0.2) is 48.1 Å². The number of aromatic nitrogens is 1. The topological polar surface area (TPSA) is 136 Å². The van der Waals surface area contributed by atoms with Crippen LogP contribution in [0.2, 0.25) is 0 Å². The molecular weight excluding hydrogens is 448 g/mol. The molecule has 2 aliphatic rings. The zero-order valence-electron chi connectivity index (χ0n) is 17.5. The average molecular weight is 472 g/mol. The number of carbonyl (C=O) groups is 1. The number of oxime groups is 1. The van der Waals surface area contributed by atoms with Gasteiger partial charge in [-0.1, -0.05) is 12.1 Å². The van der Waals surface area contributed by atoms with Gasteiger partial charge in [0.05, 0.1) is 28.8 Å². The normalized spacial score (nSPS) is 21.8. The van der Waals surface area contributed by atoms with Crippen molar-refractivity contribution < 1.29 is 23.5 Å². The number of nitrogens with zero attached hydrogens (tertiary/aromatic N) is 3. The Morgan fingerprint density at radius 2 is 2.03 bits per heavy atom. The molecule has 1 aromatic carbocycles. The Bertz CT molecular complexity index is 1200. The fraction of sp³-hybridized carbons (Fsp3) is 0.450. The van der Waals surface area contributed by atoms with Crippen molar-refractivity contribution in [3.63, 3.8) is 0 Å². The SMILES string of the molecule is CO/N=C1\CN(c2c(F)c(N)c3c(=O)c(C(=O)O)cn(C4CC4)c3c2F)C[C@]1(C)CN.Cl. The number of aromatic carboxylic acids is 1. The van der Waals surface area contributed by atoms with Crippen LogP contribution in [0.3, 0.4) is 0 Å². The maximum absolute atomic E-state index is 15.8. The molecule has 1 atom stereocenters. The number of carboxylic acid groups (broad SMARTS) is 1. The first-order valence-corrected chi connectivity index (χ1v) is 9.78. The number of nitrogens with two attached hydrogens (primary N) is 2. The lowest BCUT2D eigenvalue weighted by Crippen LogP contribution is -2.36. The van der Waals surface area contributed by atoms with E-state index in [9.17, 15) is 14.7 Å². The van der Waals surface area contributed by atoms with Gasteiger partial charge in [-0.05, 0) is 12.8 Å². The monoisotopic (exact) mass is 471 g/mol. The van der Waals surface area contributed by atoms with Gasteiger partial charge in [-0.3, -0.25) is 4.79 Å². The van der Waals surface area contributed by atoms with E-state index in [4.69, 9.17) is 16.3 Å². The Labute approximate surface area is 188 Å². The maximum atomic E-state index is 15.8. The molecule has 4 rings (SSSR count). The maximum Gasteiger partial charge on any atom is 0.341 e. The molecule has 0 radical (unpaired) electrons. The van der Waals surface area contributed by atoms with Gasteiger partial charge in [0.15, 0.2) is 11.6 Å². The third-order valence-corrected chi connectivity index (χ3v) is 6.08. The summed E-state index contributed by atoms with van der Waals surface area (Å²) in [5.74, 6) is -3.57. The van der Waals surface area contributed by atoms with Crippen LogP contribution in [-0.2, 0) is 4.84 Å². The molecule has 2 aromatic rings. The predicted octanol–water partition coefficient (Wildman–Crippen LogP) is 2.10. The number of carboxylic acids is 1. The molecule has 1 aliphatic carbocycles. The lowest BCUT2D eigenvalue weighted by atomic mass is 9.88. The van der Waals surface area contributed by atoms with Crippen LogP contribution in [0.5, 0.6) is 0 Å². The summed E-state index contributed by atoms with van der Waals surface area (Å²) in [6.45, 7) is 2.20. The molecule has 0 spiro atoms. The summed E-state index contributed by atoms with van der Waals surface area (Å²) < 4.78 is 32.6. The Balaban J connectivity index is 0.00000289. The van der Waals surface area contributed by atoms with E-state index in [0.29, 0.717) is 18.6 Å². The molecule has 0 bridgehead atoms. The van der Waals surface area contributed by atoms with Crippen molar-refractivity contribution in [1.29, 1.82) is 0 Å². The lowest BCUT2D eigenvalue weighted by molar-refractivity contribution is 0.0695. The molecule has 0 amide bonds. The van der Waals surface area contributed by atoms with E-state index in [1.54, 1.807) is 0 Å². The van der Waals surface area contributed by atoms with Crippen LogP contribution in [0.4, 0.5) is 20.2 Å². The number of rotatable bonds is 5. The molecule has 2 fully saturated rings. The number of benzene rings is 1. The summed E-state index contributed by atoms with van der Waals surface area (Å²) in [6.07, 6.45) is 2.48.